The molecule has 18 heavy (non-hydrogen) atoms. The van der Waals surface area contributed by atoms with Crippen LogP contribution < -0.4 is 5.32 Å². The molecule has 1 atom stereocenters. The standard InChI is InChI=1S/C13H19N5/c1-9-7-11(18-12(16-9)14-8-15-18)17-10-5-4-6-13(10,2)3/h7-8,10,17H,4-6H2,1-3H3. The van der Waals surface area contributed by atoms with Crippen LogP contribution in [0.2, 0.25) is 0 Å². The molecule has 0 spiro atoms. The summed E-state index contributed by atoms with van der Waals surface area (Å²) in [6.07, 6.45) is 5.32. The second-order valence-corrected chi connectivity index (χ2v) is 5.83. The minimum absolute atomic E-state index is 0.337. The summed E-state index contributed by atoms with van der Waals surface area (Å²) in [6.45, 7) is 6.63. The van der Waals surface area contributed by atoms with Gasteiger partial charge < -0.3 is 5.32 Å². The van der Waals surface area contributed by atoms with Gasteiger partial charge in [-0.05, 0) is 25.2 Å². The first-order chi connectivity index (χ1) is 8.56. The average Bonchev–Trinajstić information content (AvgIpc) is 2.86. The lowest BCUT2D eigenvalue weighted by atomic mass is 9.87. The van der Waals surface area contributed by atoms with Crippen LogP contribution in [0.5, 0.6) is 0 Å². The number of rotatable bonds is 2. The Labute approximate surface area is 107 Å². The fourth-order valence-electron chi connectivity index (χ4n) is 2.81. The van der Waals surface area contributed by atoms with Crippen LogP contribution >= 0.6 is 0 Å². The van der Waals surface area contributed by atoms with Gasteiger partial charge in [0.05, 0.1) is 0 Å². The molecule has 1 saturated carbocycles. The van der Waals surface area contributed by atoms with Gasteiger partial charge in [0.15, 0.2) is 0 Å². The highest BCUT2D eigenvalue weighted by Crippen LogP contribution is 2.38. The van der Waals surface area contributed by atoms with Crippen molar-refractivity contribution in [2.24, 2.45) is 5.41 Å². The molecule has 96 valence electrons. The Morgan fingerprint density at radius 2 is 2.28 bits per heavy atom. The van der Waals surface area contributed by atoms with Crippen LogP contribution in [0, 0.1) is 12.3 Å². The SMILES string of the molecule is Cc1cc(NC2CCCC2(C)C)n2ncnc2n1. The lowest BCUT2D eigenvalue weighted by Crippen LogP contribution is -2.31. The second-order valence-electron chi connectivity index (χ2n) is 5.83. The van der Waals surface area contributed by atoms with Crippen LogP contribution in [0.3, 0.4) is 0 Å². The second kappa shape index (κ2) is 3.93. The Morgan fingerprint density at radius 1 is 1.44 bits per heavy atom. The summed E-state index contributed by atoms with van der Waals surface area (Å²) in [5.41, 5.74) is 1.30. The third-order valence-electron chi connectivity index (χ3n) is 3.96. The van der Waals surface area contributed by atoms with E-state index in [1.807, 2.05) is 13.0 Å². The van der Waals surface area contributed by atoms with Crippen LogP contribution in [0.25, 0.3) is 5.78 Å². The van der Waals surface area contributed by atoms with E-state index in [0.717, 1.165) is 11.5 Å². The molecule has 0 aromatic carbocycles. The molecular weight excluding hydrogens is 226 g/mol. The molecule has 0 aliphatic heterocycles. The van der Waals surface area contributed by atoms with E-state index in [0.29, 0.717) is 17.2 Å². The van der Waals surface area contributed by atoms with E-state index in [1.54, 1.807) is 10.8 Å². The summed E-state index contributed by atoms with van der Waals surface area (Å²) in [5, 5.41) is 7.85. The van der Waals surface area contributed by atoms with E-state index in [4.69, 9.17) is 0 Å². The molecule has 1 N–H and O–H groups in total. The summed E-state index contributed by atoms with van der Waals surface area (Å²) in [6, 6.07) is 2.53. The van der Waals surface area contributed by atoms with Crippen LogP contribution in [0.4, 0.5) is 5.82 Å². The van der Waals surface area contributed by atoms with Gasteiger partial charge in [-0.15, -0.1) is 0 Å². The predicted octanol–water partition coefficient (Wildman–Crippen LogP) is 2.42. The number of hydrogen-bond acceptors (Lipinski definition) is 4. The van der Waals surface area contributed by atoms with Gasteiger partial charge in [-0.3, -0.25) is 0 Å². The monoisotopic (exact) mass is 245 g/mol. The van der Waals surface area contributed by atoms with Crippen LogP contribution in [0.15, 0.2) is 12.4 Å². The molecule has 1 fully saturated rings. The van der Waals surface area contributed by atoms with Gasteiger partial charge >= 0.3 is 0 Å². The number of aromatic nitrogens is 4. The quantitative estimate of drug-likeness (QED) is 0.882. The maximum absolute atomic E-state index is 4.36. The molecule has 5 heteroatoms. The van der Waals surface area contributed by atoms with E-state index in [-0.39, 0.29) is 0 Å². The molecule has 0 amide bonds. The fraction of sp³-hybridized carbons (Fsp3) is 0.615. The molecule has 0 saturated heterocycles. The lowest BCUT2D eigenvalue weighted by Gasteiger charge is -2.28. The maximum Gasteiger partial charge on any atom is 0.254 e. The Morgan fingerprint density at radius 3 is 3.00 bits per heavy atom. The summed E-state index contributed by atoms with van der Waals surface area (Å²) < 4.78 is 1.78. The summed E-state index contributed by atoms with van der Waals surface area (Å²) in [7, 11) is 0. The van der Waals surface area contributed by atoms with E-state index in [2.05, 4.69) is 34.2 Å². The zero-order valence-electron chi connectivity index (χ0n) is 11.1. The van der Waals surface area contributed by atoms with Crippen molar-refractivity contribution >= 4 is 11.6 Å². The van der Waals surface area contributed by atoms with Gasteiger partial charge in [0, 0.05) is 17.8 Å². The third kappa shape index (κ3) is 1.83. The average molecular weight is 245 g/mol. The smallest absolute Gasteiger partial charge is 0.254 e. The molecule has 1 unspecified atom stereocenters. The highest BCUT2D eigenvalue weighted by molar-refractivity contribution is 5.45. The van der Waals surface area contributed by atoms with Crippen molar-refractivity contribution in [3.8, 4) is 0 Å². The van der Waals surface area contributed by atoms with Gasteiger partial charge in [0.2, 0.25) is 0 Å². The van der Waals surface area contributed by atoms with Gasteiger partial charge in [-0.2, -0.15) is 14.6 Å². The van der Waals surface area contributed by atoms with Crippen molar-refractivity contribution < 1.29 is 0 Å². The van der Waals surface area contributed by atoms with Crippen LogP contribution in [-0.4, -0.2) is 25.6 Å². The summed E-state index contributed by atoms with van der Waals surface area (Å²) in [5.74, 6) is 1.66. The molecule has 2 heterocycles. The topological polar surface area (TPSA) is 55.1 Å². The van der Waals surface area contributed by atoms with Crippen molar-refractivity contribution in [2.75, 3.05) is 5.32 Å². The number of aryl methyl sites for hydroxylation is 1. The minimum Gasteiger partial charge on any atom is -0.367 e. The first-order valence-corrected chi connectivity index (χ1v) is 6.50. The Balaban J connectivity index is 1.97. The Hall–Kier alpha value is -1.65. The minimum atomic E-state index is 0.337. The summed E-state index contributed by atoms with van der Waals surface area (Å²) >= 11 is 0. The third-order valence-corrected chi connectivity index (χ3v) is 3.96. The largest absolute Gasteiger partial charge is 0.367 e. The maximum atomic E-state index is 4.36. The number of nitrogens with zero attached hydrogens (tertiary/aromatic N) is 4. The van der Waals surface area contributed by atoms with Gasteiger partial charge in [-0.1, -0.05) is 20.3 Å². The fourth-order valence-corrected chi connectivity index (χ4v) is 2.81. The van der Waals surface area contributed by atoms with Gasteiger partial charge in [0.25, 0.3) is 5.78 Å². The normalized spacial score (nSPS) is 22.5. The molecule has 0 bridgehead atoms. The van der Waals surface area contributed by atoms with Crippen molar-refractivity contribution in [3.05, 3.63) is 18.1 Å². The van der Waals surface area contributed by atoms with Crippen molar-refractivity contribution in [1.82, 2.24) is 19.6 Å². The highest BCUT2D eigenvalue weighted by atomic mass is 15.4. The summed E-state index contributed by atoms with van der Waals surface area (Å²) in [4.78, 5) is 8.51. The Kier molecular flexibility index (Phi) is 2.50. The van der Waals surface area contributed by atoms with Crippen LogP contribution in [0.1, 0.15) is 38.8 Å². The number of fused-ring (bicyclic) bond motifs is 1. The van der Waals surface area contributed by atoms with E-state index in [9.17, 15) is 0 Å². The zero-order valence-corrected chi connectivity index (χ0v) is 11.1. The van der Waals surface area contributed by atoms with E-state index in [1.165, 1.54) is 19.3 Å². The zero-order chi connectivity index (χ0) is 12.8. The van der Waals surface area contributed by atoms with Gasteiger partial charge in [0.1, 0.15) is 12.1 Å². The first-order valence-electron chi connectivity index (χ1n) is 6.50. The first kappa shape index (κ1) is 11.4. The lowest BCUT2D eigenvalue weighted by molar-refractivity contribution is 0.349. The molecular formula is C13H19N5. The van der Waals surface area contributed by atoms with Crippen LogP contribution in [-0.2, 0) is 0 Å². The van der Waals surface area contributed by atoms with E-state index < -0.39 is 0 Å². The molecule has 2 aromatic heterocycles. The molecule has 3 rings (SSSR count). The predicted molar refractivity (Wildman–Crippen MR) is 70.6 cm³/mol. The number of anilines is 1. The molecule has 0 radical (unpaired) electrons. The molecule has 2 aromatic rings. The number of hydrogen-bond donors (Lipinski definition) is 1. The van der Waals surface area contributed by atoms with Crippen molar-refractivity contribution in [3.63, 3.8) is 0 Å². The van der Waals surface area contributed by atoms with E-state index >= 15 is 0 Å². The highest BCUT2D eigenvalue weighted by Gasteiger charge is 2.34. The molecule has 5 nitrogen and oxygen atoms in total. The molecule has 1 aliphatic carbocycles. The van der Waals surface area contributed by atoms with Crippen molar-refractivity contribution in [2.45, 2.75) is 46.1 Å². The number of nitrogens with one attached hydrogen (secondary N) is 1. The van der Waals surface area contributed by atoms with Gasteiger partial charge in [-0.25, -0.2) is 4.98 Å². The van der Waals surface area contributed by atoms with Crippen molar-refractivity contribution in [1.29, 1.82) is 0 Å². The Bertz CT molecular complexity index is 572. The molecule has 1 aliphatic rings.